The van der Waals surface area contributed by atoms with E-state index in [2.05, 4.69) is 19.1 Å². The number of hydrogen-bond donors (Lipinski definition) is 0. The van der Waals surface area contributed by atoms with E-state index in [1.54, 1.807) is 0 Å². The Labute approximate surface area is 189 Å². The molecule has 5 rings (SSSR count). The highest BCUT2D eigenvalue weighted by atomic mass is 16.9. The van der Waals surface area contributed by atoms with E-state index in [0.717, 1.165) is 11.1 Å². The van der Waals surface area contributed by atoms with Crippen LogP contribution in [0.4, 0.5) is 0 Å². The van der Waals surface area contributed by atoms with E-state index in [-0.39, 0.29) is 18.8 Å². The first-order valence-corrected chi connectivity index (χ1v) is 11.1. The van der Waals surface area contributed by atoms with Gasteiger partial charge in [-0.15, -0.1) is 0 Å². The van der Waals surface area contributed by atoms with E-state index < -0.39 is 24.0 Å². The maximum Gasteiger partial charge on any atom is 0.224 e. The van der Waals surface area contributed by atoms with E-state index >= 15 is 0 Å². The molecule has 170 valence electrons. The van der Waals surface area contributed by atoms with Gasteiger partial charge >= 0.3 is 0 Å². The first kappa shape index (κ1) is 21.8. The van der Waals surface area contributed by atoms with Crippen molar-refractivity contribution in [3.63, 3.8) is 0 Å². The summed E-state index contributed by atoms with van der Waals surface area (Å²) in [6.07, 6.45) is 2.35. The van der Waals surface area contributed by atoms with Crippen LogP contribution in [-0.2, 0) is 35.0 Å². The molecule has 6 nitrogen and oxygen atoms in total. The fourth-order valence-corrected chi connectivity index (χ4v) is 4.46. The molecule has 3 saturated heterocycles. The van der Waals surface area contributed by atoms with Crippen molar-refractivity contribution in [2.45, 2.75) is 63.6 Å². The lowest BCUT2D eigenvalue weighted by atomic mass is 9.97. The molecular weight excluding hydrogens is 408 g/mol. The van der Waals surface area contributed by atoms with Crippen molar-refractivity contribution >= 4 is 6.08 Å². The highest BCUT2D eigenvalue weighted by Crippen LogP contribution is 2.44. The van der Waals surface area contributed by atoms with E-state index in [4.69, 9.17) is 28.4 Å². The van der Waals surface area contributed by atoms with Crippen molar-refractivity contribution in [3.05, 3.63) is 77.4 Å². The lowest BCUT2D eigenvalue weighted by Crippen LogP contribution is -2.62. The number of benzene rings is 2. The molecule has 0 unspecified atom stereocenters. The van der Waals surface area contributed by atoms with E-state index in [9.17, 15) is 0 Å². The highest BCUT2D eigenvalue weighted by Gasteiger charge is 2.62. The predicted molar refractivity (Wildman–Crippen MR) is 119 cm³/mol. The Kier molecular flexibility index (Phi) is 5.92. The summed E-state index contributed by atoms with van der Waals surface area (Å²) >= 11 is 0. The standard InChI is InChI=1S/C26H30O6/c1-18-9-7-8-12-20(18)15-27-24-23-21(16-28-26(24)17-29-25(2,3)32-26)30-22(31-23)14-13-19-10-5-4-6-11-19/h4-14,21-24H,15-17H2,1-3H3/b14-13+/t21-,22+,23-,24+,26+/m1/s1. The van der Waals surface area contributed by atoms with E-state index in [1.807, 2.05) is 68.5 Å². The minimum Gasteiger partial charge on any atom is -0.365 e. The topological polar surface area (TPSA) is 55.4 Å². The highest BCUT2D eigenvalue weighted by molar-refractivity contribution is 5.49. The number of hydrogen-bond acceptors (Lipinski definition) is 6. The number of ether oxygens (including phenoxy) is 6. The zero-order valence-electron chi connectivity index (χ0n) is 18.7. The van der Waals surface area contributed by atoms with Gasteiger partial charge in [-0.05, 0) is 43.5 Å². The largest absolute Gasteiger partial charge is 0.365 e. The van der Waals surface area contributed by atoms with Crippen LogP contribution < -0.4 is 0 Å². The van der Waals surface area contributed by atoms with Gasteiger partial charge in [0, 0.05) is 0 Å². The van der Waals surface area contributed by atoms with Crippen molar-refractivity contribution < 1.29 is 28.4 Å². The molecule has 3 aliphatic heterocycles. The molecule has 32 heavy (non-hydrogen) atoms. The van der Waals surface area contributed by atoms with Crippen molar-refractivity contribution in [2.24, 2.45) is 0 Å². The molecule has 1 spiro atoms. The first-order chi connectivity index (χ1) is 15.4. The van der Waals surface area contributed by atoms with Gasteiger partial charge in [0.05, 0.1) is 13.2 Å². The van der Waals surface area contributed by atoms with Crippen molar-refractivity contribution in [2.75, 3.05) is 13.2 Å². The minimum absolute atomic E-state index is 0.250. The van der Waals surface area contributed by atoms with E-state index in [0.29, 0.717) is 13.2 Å². The molecule has 0 amide bonds. The predicted octanol–water partition coefficient (Wildman–Crippen LogP) is 4.21. The van der Waals surface area contributed by atoms with Gasteiger partial charge in [-0.2, -0.15) is 0 Å². The summed E-state index contributed by atoms with van der Waals surface area (Å²) in [5.41, 5.74) is 3.37. The molecule has 0 aliphatic carbocycles. The van der Waals surface area contributed by atoms with Crippen molar-refractivity contribution in [1.29, 1.82) is 0 Å². The molecule has 0 radical (unpaired) electrons. The molecule has 2 aromatic carbocycles. The molecule has 0 N–H and O–H groups in total. The fraction of sp³-hybridized carbons (Fsp3) is 0.462. The van der Waals surface area contributed by atoms with Crippen molar-refractivity contribution in [1.82, 2.24) is 0 Å². The molecule has 0 aromatic heterocycles. The Balaban J connectivity index is 1.36. The first-order valence-electron chi connectivity index (χ1n) is 11.1. The molecule has 0 bridgehead atoms. The van der Waals surface area contributed by atoms with Crippen LogP contribution in [-0.4, -0.2) is 49.4 Å². The quantitative estimate of drug-likeness (QED) is 0.697. The monoisotopic (exact) mass is 438 g/mol. The van der Waals surface area contributed by atoms with Gasteiger partial charge in [-0.1, -0.05) is 60.7 Å². The van der Waals surface area contributed by atoms with Crippen LogP contribution in [0.15, 0.2) is 60.7 Å². The van der Waals surface area contributed by atoms with Gasteiger partial charge < -0.3 is 28.4 Å². The normalized spacial score (nSPS) is 33.7. The number of aryl methyl sites for hydroxylation is 1. The molecular formula is C26H30O6. The summed E-state index contributed by atoms with van der Waals surface area (Å²) in [5, 5.41) is 0. The lowest BCUT2D eigenvalue weighted by molar-refractivity contribution is -0.335. The molecule has 6 heteroatoms. The third-order valence-electron chi connectivity index (χ3n) is 6.15. The average Bonchev–Trinajstić information content (AvgIpc) is 3.34. The number of fused-ring (bicyclic) bond motifs is 1. The summed E-state index contributed by atoms with van der Waals surface area (Å²) in [6.45, 7) is 6.88. The second kappa shape index (κ2) is 8.71. The Bertz CT molecular complexity index is 958. The third-order valence-corrected chi connectivity index (χ3v) is 6.15. The summed E-state index contributed by atoms with van der Waals surface area (Å²) < 4.78 is 37.3. The summed E-state index contributed by atoms with van der Waals surface area (Å²) in [5.74, 6) is -1.79. The maximum absolute atomic E-state index is 6.45. The van der Waals surface area contributed by atoms with Crippen LogP contribution in [0.5, 0.6) is 0 Å². The Morgan fingerprint density at radius 1 is 1.00 bits per heavy atom. The fourth-order valence-electron chi connectivity index (χ4n) is 4.46. The van der Waals surface area contributed by atoms with Gasteiger partial charge in [0.25, 0.3) is 0 Å². The van der Waals surface area contributed by atoms with Crippen molar-refractivity contribution in [3.8, 4) is 0 Å². The van der Waals surface area contributed by atoms with Crippen LogP contribution in [0, 0.1) is 6.92 Å². The SMILES string of the molecule is Cc1ccccc1CO[C@H]1[C@@H]2O[C@@H](/C=C/c3ccccc3)O[C@@H]2CO[C@]12COC(C)(C)O2. The lowest BCUT2D eigenvalue weighted by Gasteiger charge is -2.43. The van der Waals surface area contributed by atoms with Crippen LogP contribution in [0.25, 0.3) is 6.08 Å². The zero-order chi connectivity index (χ0) is 22.2. The molecule has 2 aromatic rings. The smallest absolute Gasteiger partial charge is 0.224 e. The second-order valence-electron chi connectivity index (χ2n) is 8.98. The second-order valence-corrected chi connectivity index (χ2v) is 8.98. The molecule has 5 atom stereocenters. The maximum atomic E-state index is 6.45. The molecule has 3 aliphatic rings. The Hall–Kier alpha value is -2.06. The molecule has 0 saturated carbocycles. The molecule has 3 fully saturated rings. The summed E-state index contributed by atoms with van der Waals surface area (Å²) in [7, 11) is 0. The Morgan fingerprint density at radius 3 is 2.53 bits per heavy atom. The zero-order valence-corrected chi connectivity index (χ0v) is 18.7. The van der Waals surface area contributed by atoms with Crippen LogP contribution in [0.2, 0.25) is 0 Å². The summed E-state index contributed by atoms with van der Waals surface area (Å²) in [4.78, 5) is 0. The van der Waals surface area contributed by atoms with Gasteiger partial charge in [0.2, 0.25) is 5.79 Å². The average molecular weight is 439 g/mol. The number of rotatable bonds is 5. The third kappa shape index (κ3) is 4.39. The minimum atomic E-state index is -1.03. The molecule has 3 heterocycles. The van der Waals surface area contributed by atoms with Crippen LogP contribution in [0.3, 0.4) is 0 Å². The Morgan fingerprint density at radius 2 is 1.78 bits per heavy atom. The van der Waals surface area contributed by atoms with Crippen LogP contribution >= 0.6 is 0 Å². The van der Waals surface area contributed by atoms with Crippen LogP contribution in [0.1, 0.15) is 30.5 Å². The van der Waals surface area contributed by atoms with Gasteiger partial charge in [0.15, 0.2) is 12.1 Å². The van der Waals surface area contributed by atoms with Gasteiger partial charge in [-0.3, -0.25) is 0 Å². The summed E-state index contributed by atoms with van der Waals surface area (Å²) in [6, 6.07) is 18.3. The van der Waals surface area contributed by atoms with E-state index in [1.165, 1.54) is 5.56 Å². The van der Waals surface area contributed by atoms with Gasteiger partial charge in [-0.25, -0.2) is 0 Å². The van der Waals surface area contributed by atoms with Gasteiger partial charge in [0.1, 0.15) is 24.9 Å².